The van der Waals surface area contributed by atoms with Crippen LogP contribution in [0.1, 0.15) is 35.5 Å². The first kappa shape index (κ1) is 28.5. The molecule has 210 valence electrons. The van der Waals surface area contributed by atoms with E-state index >= 15 is 0 Å². The van der Waals surface area contributed by atoms with Crippen LogP contribution in [0.4, 0.5) is 24.7 Å². The van der Waals surface area contributed by atoms with E-state index < -0.39 is 17.8 Å². The Balaban J connectivity index is 1.65. The lowest BCUT2D eigenvalue weighted by Gasteiger charge is -2.19. The van der Waals surface area contributed by atoms with Gasteiger partial charge in [-0.3, -0.25) is 4.79 Å². The van der Waals surface area contributed by atoms with Crippen molar-refractivity contribution in [1.29, 1.82) is 0 Å². The summed E-state index contributed by atoms with van der Waals surface area (Å²) in [7, 11) is 4.90. The molecular formula is C29H30F3N5O3. The number of methoxy groups -OCH3 is 1. The van der Waals surface area contributed by atoms with Gasteiger partial charge in [0.05, 0.1) is 30.7 Å². The highest BCUT2D eigenvalue weighted by molar-refractivity contribution is 5.90. The lowest BCUT2D eigenvalue weighted by Crippen LogP contribution is -2.23. The normalized spacial score (nSPS) is 12.2. The molecule has 0 saturated carbocycles. The van der Waals surface area contributed by atoms with Crippen molar-refractivity contribution in [3.63, 3.8) is 0 Å². The number of nitrogens with zero attached hydrogens (tertiary/aromatic N) is 3. The van der Waals surface area contributed by atoms with E-state index in [4.69, 9.17) is 15.2 Å². The second-order valence-electron chi connectivity index (χ2n) is 9.59. The molecule has 1 amide bonds. The molecule has 0 aliphatic carbocycles. The fourth-order valence-corrected chi connectivity index (χ4v) is 4.19. The zero-order valence-electron chi connectivity index (χ0n) is 22.8. The van der Waals surface area contributed by atoms with Crippen molar-refractivity contribution in [3.05, 3.63) is 77.1 Å². The fraction of sp³-hybridized carbons (Fsp3) is 0.276. The average molecular weight is 554 g/mol. The number of hydrogen-bond donors (Lipinski definition) is 2. The zero-order chi connectivity index (χ0) is 29.2. The summed E-state index contributed by atoms with van der Waals surface area (Å²) in [6, 6.07) is 13.4. The van der Waals surface area contributed by atoms with Gasteiger partial charge in [0.25, 0.3) is 0 Å². The number of benzene rings is 3. The standard InChI is InChI=1S/C29H30F3N5O3/c1-16(18-10-20(29(30,31)32)14-21(33)11-18)34-28-24-15-23(6-8-25(24)35-17(2)36-28)40-22-7-9-26(39-5)19(12-22)13-27(38)37(3)4/h6-12,14-16H,13,33H2,1-5H3,(H,34,35,36)/t16-/m1/s1. The molecule has 8 nitrogen and oxygen atoms in total. The molecule has 3 aromatic carbocycles. The average Bonchev–Trinajstić information content (AvgIpc) is 2.88. The van der Waals surface area contributed by atoms with Gasteiger partial charge in [-0.25, -0.2) is 9.97 Å². The number of ether oxygens (including phenoxy) is 2. The third kappa shape index (κ3) is 6.53. The van der Waals surface area contributed by atoms with E-state index in [0.717, 1.165) is 12.1 Å². The molecule has 0 aliphatic heterocycles. The van der Waals surface area contributed by atoms with Crippen molar-refractivity contribution in [1.82, 2.24) is 14.9 Å². The van der Waals surface area contributed by atoms with Gasteiger partial charge in [0, 0.05) is 30.7 Å². The van der Waals surface area contributed by atoms with Crippen LogP contribution in [0.25, 0.3) is 10.9 Å². The van der Waals surface area contributed by atoms with Gasteiger partial charge in [0.2, 0.25) is 5.91 Å². The van der Waals surface area contributed by atoms with E-state index in [0.29, 0.717) is 50.9 Å². The molecule has 1 aromatic heterocycles. The molecule has 0 aliphatic rings. The van der Waals surface area contributed by atoms with Crippen LogP contribution in [0.5, 0.6) is 17.2 Å². The Bertz CT molecular complexity index is 1560. The number of hydrogen-bond acceptors (Lipinski definition) is 7. The third-order valence-corrected chi connectivity index (χ3v) is 6.27. The quantitative estimate of drug-likeness (QED) is 0.253. The first-order valence-electron chi connectivity index (χ1n) is 12.4. The van der Waals surface area contributed by atoms with Crippen molar-refractivity contribution < 1.29 is 27.4 Å². The van der Waals surface area contributed by atoms with E-state index in [-0.39, 0.29) is 18.0 Å². The minimum Gasteiger partial charge on any atom is -0.496 e. The van der Waals surface area contributed by atoms with Crippen molar-refractivity contribution in [2.24, 2.45) is 0 Å². The maximum atomic E-state index is 13.4. The summed E-state index contributed by atoms with van der Waals surface area (Å²) in [5, 5.41) is 3.82. The summed E-state index contributed by atoms with van der Waals surface area (Å²) < 4.78 is 51.6. The lowest BCUT2D eigenvalue weighted by molar-refractivity contribution is -0.137. The fourth-order valence-electron chi connectivity index (χ4n) is 4.19. The Morgan fingerprint density at radius 2 is 1.75 bits per heavy atom. The number of anilines is 2. The Kier molecular flexibility index (Phi) is 8.03. The molecule has 0 bridgehead atoms. The summed E-state index contributed by atoms with van der Waals surface area (Å²) in [5.74, 6) is 2.39. The van der Waals surface area contributed by atoms with Gasteiger partial charge in [-0.05, 0) is 74.0 Å². The molecule has 1 heterocycles. The monoisotopic (exact) mass is 553 g/mol. The minimum absolute atomic E-state index is 0.0176. The molecule has 1 atom stereocenters. The highest BCUT2D eigenvalue weighted by Crippen LogP contribution is 2.35. The van der Waals surface area contributed by atoms with Crippen molar-refractivity contribution in [3.8, 4) is 17.2 Å². The van der Waals surface area contributed by atoms with E-state index in [9.17, 15) is 18.0 Å². The minimum atomic E-state index is -4.52. The molecule has 4 aromatic rings. The van der Waals surface area contributed by atoms with Crippen LogP contribution in [0.3, 0.4) is 0 Å². The summed E-state index contributed by atoms with van der Waals surface area (Å²) in [5.41, 5.74) is 6.63. The van der Waals surface area contributed by atoms with Crippen LogP contribution in [-0.2, 0) is 17.4 Å². The number of amides is 1. The van der Waals surface area contributed by atoms with Crippen molar-refractivity contribution in [2.45, 2.75) is 32.5 Å². The number of halogens is 3. The zero-order valence-corrected chi connectivity index (χ0v) is 22.8. The van der Waals surface area contributed by atoms with Crippen LogP contribution < -0.4 is 20.5 Å². The molecule has 4 rings (SSSR count). The summed E-state index contributed by atoms with van der Waals surface area (Å²) in [4.78, 5) is 22.8. The Morgan fingerprint density at radius 1 is 1.05 bits per heavy atom. The van der Waals surface area contributed by atoms with Crippen LogP contribution in [0, 0.1) is 6.92 Å². The van der Waals surface area contributed by atoms with Crippen LogP contribution >= 0.6 is 0 Å². The number of likely N-dealkylation sites (N-methyl/N-ethyl adjacent to an activating group) is 1. The van der Waals surface area contributed by atoms with Crippen LogP contribution in [-0.4, -0.2) is 42.0 Å². The second kappa shape index (κ2) is 11.3. The molecule has 11 heteroatoms. The Labute approximate surface area is 229 Å². The van der Waals surface area contributed by atoms with E-state index in [2.05, 4.69) is 15.3 Å². The lowest BCUT2D eigenvalue weighted by atomic mass is 10.0. The maximum Gasteiger partial charge on any atom is 0.416 e. The molecule has 0 fully saturated rings. The number of nitrogen functional groups attached to an aromatic ring is 1. The Morgan fingerprint density at radius 3 is 2.42 bits per heavy atom. The molecule has 0 saturated heterocycles. The van der Waals surface area contributed by atoms with Gasteiger partial charge >= 0.3 is 6.18 Å². The summed E-state index contributed by atoms with van der Waals surface area (Å²) in [6.07, 6.45) is -4.38. The van der Waals surface area contributed by atoms with Gasteiger partial charge < -0.3 is 25.4 Å². The number of rotatable bonds is 8. The number of aromatic nitrogens is 2. The van der Waals surface area contributed by atoms with Crippen LogP contribution in [0.2, 0.25) is 0 Å². The molecular weight excluding hydrogens is 523 g/mol. The van der Waals surface area contributed by atoms with Crippen LogP contribution in [0.15, 0.2) is 54.6 Å². The molecule has 0 spiro atoms. The SMILES string of the molecule is COc1ccc(Oc2ccc3nc(C)nc(N[C@H](C)c4cc(N)cc(C(F)(F)F)c4)c3c2)cc1CC(=O)N(C)C. The number of carbonyl (C=O) groups is 1. The van der Waals surface area contributed by atoms with E-state index in [1.165, 1.54) is 18.1 Å². The molecule has 0 unspecified atom stereocenters. The number of nitrogens with one attached hydrogen (secondary N) is 1. The van der Waals surface area contributed by atoms with Gasteiger partial charge in [-0.1, -0.05) is 0 Å². The number of carbonyl (C=O) groups excluding carboxylic acids is 1. The maximum absolute atomic E-state index is 13.4. The van der Waals surface area contributed by atoms with Gasteiger partial charge in [0.1, 0.15) is 28.9 Å². The van der Waals surface area contributed by atoms with Gasteiger partial charge in [0.15, 0.2) is 0 Å². The van der Waals surface area contributed by atoms with Crippen molar-refractivity contribution in [2.75, 3.05) is 32.3 Å². The van der Waals surface area contributed by atoms with Crippen molar-refractivity contribution >= 4 is 28.3 Å². The van der Waals surface area contributed by atoms with E-state index in [1.54, 1.807) is 64.3 Å². The first-order chi connectivity index (χ1) is 18.8. The highest BCUT2D eigenvalue weighted by Gasteiger charge is 2.31. The first-order valence-corrected chi connectivity index (χ1v) is 12.4. The third-order valence-electron chi connectivity index (χ3n) is 6.27. The number of aryl methyl sites for hydroxylation is 1. The summed E-state index contributed by atoms with van der Waals surface area (Å²) in [6.45, 7) is 3.46. The van der Waals surface area contributed by atoms with E-state index in [1.807, 2.05) is 0 Å². The predicted octanol–water partition coefficient (Wildman–Crippen LogP) is 6.14. The smallest absolute Gasteiger partial charge is 0.416 e. The largest absolute Gasteiger partial charge is 0.496 e. The summed E-state index contributed by atoms with van der Waals surface area (Å²) >= 11 is 0. The topological polar surface area (TPSA) is 103 Å². The second-order valence-corrected chi connectivity index (χ2v) is 9.59. The Hall–Kier alpha value is -4.54. The molecule has 0 radical (unpaired) electrons. The number of nitrogens with two attached hydrogens (primary N) is 1. The number of fused-ring (bicyclic) bond motifs is 1. The number of alkyl halides is 3. The van der Waals surface area contributed by atoms with Gasteiger partial charge in [-0.15, -0.1) is 0 Å². The molecule has 40 heavy (non-hydrogen) atoms. The predicted molar refractivity (Wildman–Crippen MR) is 148 cm³/mol. The van der Waals surface area contributed by atoms with Gasteiger partial charge in [-0.2, -0.15) is 13.2 Å². The molecule has 3 N–H and O–H groups in total. The highest BCUT2D eigenvalue weighted by atomic mass is 19.4.